The fourth-order valence-electron chi connectivity index (χ4n) is 4.45. The molecule has 5 rings (SSSR count). The number of ether oxygens (including phenoxy) is 2. The summed E-state index contributed by atoms with van der Waals surface area (Å²) >= 11 is 6.06. The van der Waals surface area contributed by atoms with Gasteiger partial charge in [0.05, 0.1) is 29.2 Å². The predicted octanol–water partition coefficient (Wildman–Crippen LogP) is 5.15. The third-order valence-electron chi connectivity index (χ3n) is 6.34. The fourth-order valence-corrected chi connectivity index (χ4v) is 4.57. The maximum Gasteiger partial charge on any atom is 0.410 e. The minimum absolute atomic E-state index is 0.0859. The number of carbonyl (C=O) groups excluding carboxylic acids is 2. The Morgan fingerprint density at radius 3 is 2.73 bits per heavy atom. The van der Waals surface area contributed by atoms with E-state index in [9.17, 15) is 9.59 Å². The second-order valence-electron chi connectivity index (χ2n) is 10.2. The molecule has 37 heavy (non-hydrogen) atoms. The molecule has 9 nitrogen and oxygen atoms in total. The highest BCUT2D eigenvalue weighted by atomic mass is 35.5. The van der Waals surface area contributed by atoms with Crippen molar-refractivity contribution in [2.24, 2.45) is 0 Å². The zero-order valence-corrected chi connectivity index (χ0v) is 21.8. The number of aromatic nitrogens is 2. The Balaban J connectivity index is 1.42. The number of hydrogen-bond acceptors (Lipinski definition) is 6. The van der Waals surface area contributed by atoms with E-state index in [4.69, 9.17) is 21.1 Å². The normalized spacial score (nSPS) is 16.9. The lowest BCUT2D eigenvalue weighted by atomic mass is 10.0. The molecule has 1 saturated heterocycles. The summed E-state index contributed by atoms with van der Waals surface area (Å²) in [7, 11) is 0. The van der Waals surface area contributed by atoms with Crippen molar-refractivity contribution >= 4 is 35.0 Å². The average Bonchev–Trinajstić information content (AvgIpc) is 3.18. The summed E-state index contributed by atoms with van der Waals surface area (Å²) in [5.41, 5.74) is 3.82. The highest BCUT2D eigenvalue weighted by Crippen LogP contribution is 2.40. The van der Waals surface area contributed by atoms with E-state index in [1.54, 1.807) is 29.4 Å². The van der Waals surface area contributed by atoms with Gasteiger partial charge in [-0.15, -0.1) is 0 Å². The fraction of sp³-hybridized carbons (Fsp3) is 0.370. The van der Waals surface area contributed by atoms with Crippen LogP contribution in [-0.2, 0) is 11.2 Å². The summed E-state index contributed by atoms with van der Waals surface area (Å²) in [6, 6.07) is 9.06. The van der Waals surface area contributed by atoms with Gasteiger partial charge >= 0.3 is 6.09 Å². The lowest BCUT2D eigenvalue weighted by Gasteiger charge is -2.41. The third-order valence-corrected chi connectivity index (χ3v) is 6.59. The number of pyridine rings is 1. The van der Waals surface area contributed by atoms with E-state index in [0.717, 1.165) is 29.1 Å². The van der Waals surface area contributed by atoms with Crippen LogP contribution in [0.25, 0.3) is 11.3 Å². The number of fused-ring (bicyclic) bond motifs is 1. The molecule has 2 aliphatic rings. The number of nitrogens with zero attached hydrogens (tertiary/aromatic N) is 2. The van der Waals surface area contributed by atoms with E-state index in [-0.39, 0.29) is 18.0 Å². The Morgan fingerprint density at radius 2 is 2.03 bits per heavy atom. The number of H-pyrrole nitrogens is 1. The van der Waals surface area contributed by atoms with Crippen LogP contribution in [-0.4, -0.2) is 58.2 Å². The van der Waals surface area contributed by atoms with Crippen LogP contribution in [0.15, 0.2) is 42.7 Å². The van der Waals surface area contributed by atoms with E-state index >= 15 is 0 Å². The molecule has 2 aliphatic heterocycles. The quantitative estimate of drug-likeness (QED) is 0.412. The van der Waals surface area contributed by atoms with Gasteiger partial charge in [-0.3, -0.25) is 9.78 Å². The zero-order valence-electron chi connectivity index (χ0n) is 21.1. The second kappa shape index (κ2) is 9.97. The zero-order chi connectivity index (χ0) is 26.2. The van der Waals surface area contributed by atoms with Crippen LogP contribution >= 0.6 is 11.6 Å². The molecular formula is C27H30ClN5O4. The van der Waals surface area contributed by atoms with Crippen LogP contribution in [0.5, 0.6) is 5.75 Å². The number of rotatable bonds is 6. The molecule has 194 valence electrons. The third kappa shape index (κ3) is 5.36. The average molecular weight is 524 g/mol. The number of carbonyl (C=O) groups is 2. The lowest BCUT2D eigenvalue weighted by Crippen LogP contribution is -2.55. The van der Waals surface area contributed by atoms with Gasteiger partial charge in [0.1, 0.15) is 18.0 Å². The number of benzene rings is 1. The second-order valence-corrected chi connectivity index (χ2v) is 10.6. The van der Waals surface area contributed by atoms with Crippen molar-refractivity contribution in [3.63, 3.8) is 0 Å². The van der Waals surface area contributed by atoms with E-state index in [1.165, 1.54) is 0 Å². The van der Waals surface area contributed by atoms with Gasteiger partial charge in [0, 0.05) is 47.7 Å². The van der Waals surface area contributed by atoms with Crippen LogP contribution in [0.1, 0.15) is 43.2 Å². The van der Waals surface area contributed by atoms with E-state index < -0.39 is 5.60 Å². The molecule has 4 heterocycles. The van der Waals surface area contributed by atoms with Gasteiger partial charge < -0.3 is 30.0 Å². The lowest BCUT2D eigenvalue weighted by molar-refractivity contribution is -0.0141. The largest absolute Gasteiger partial charge is 0.489 e. The van der Waals surface area contributed by atoms with Crippen LogP contribution in [0.2, 0.25) is 5.02 Å². The number of amides is 2. The van der Waals surface area contributed by atoms with Gasteiger partial charge in [-0.1, -0.05) is 11.6 Å². The first-order valence-electron chi connectivity index (χ1n) is 12.3. The highest BCUT2D eigenvalue weighted by molar-refractivity contribution is 6.30. The summed E-state index contributed by atoms with van der Waals surface area (Å²) in [5, 5.41) is 6.95. The molecule has 1 fully saturated rings. The van der Waals surface area contributed by atoms with E-state index in [0.29, 0.717) is 48.1 Å². The highest BCUT2D eigenvalue weighted by Gasteiger charge is 2.36. The van der Waals surface area contributed by atoms with Gasteiger partial charge in [0.25, 0.3) is 5.91 Å². The molecule has 0 radical (unpaired) electrons. The van der Waals surface area contributed by atoms with Crippen LogP contribution in [0.3, 0.4) is 0 Å². The summed E-state index contributed by atoms with van der Waals surface area (Å²) in [6.45, 7) is 7.06. The Kier molecular flexibility index (Phi) is 6.72. The molecule has 3 aromatic rings. The van der Waals surface area contributed by atoms with Gasteiger partial charge in [0.15, 0.2) is 0 Å². The van der Waals surface area contributed by atoms with Crippen molar-refractivity contribution < 1.29 is 19.1 Å². The van der Waals surface area contributed by atoms with Crippen LogP contribution in [0, 0.1) is 0 Å². The van der Waals surface area contributed by atoms with E-state index in [1.807, 2.05) is 39.0 Å². The summed E-state index contributed by atoms with van der Waals surface area (Å²) in [4.78, 5) is 34.8. The van der Waals surface area contributed by atoms with Crippen molar-refractivity contribution in [2.75, 3.05) is 25.0 Å². The van der Waals surface area contributed by atoms with Crippen molar-refractivity contribution in [1.29, 1.82) is 0 Å². The number of anilines is 2. The summed E-state index contributed by atoms with van der Waals surface area (Å²) < 4.78 is 11.7. The Morgan fingerprint density at radius 1 is 1.24 bits per heavy atom. The van der Waals surface area contributed by atoms with Gasteiger partial charge in [-0.2, -0.15) is 0 Å². The Bertz CT molecular complexity index is 1320. The number of aromatic amines is 1. The first-order chi connectivity index (χ1) is 17.7. The topological polar surface area (TPSA) is 109 Å². The molecule has 0 aliphatic carbocycles. The first-order valence-corrected chi connectivity index (χ1v) is 12.7. The molecule has 0 unspecified atom stereocenters. The Labute approximate surface area is 220 Å². The molecule has 1 aromatic carbocycles. The molecule has 1 atom stereocenters. The smallest absolute Gasteiger partial charge is 0.410 e. The molecule has 0 spiro atoms. The minimum Gasteiger partial charge on any atom is -0.489 e. The van der Waals surface area contributed by atoms with Crippen molar-refractivity contribution in [3.05, 3.63) is 59.0 Å². The number of halogens is 1. The molecule has 3 N–H and O–H groups in total. The monoisotopic (exact) mass is 523 g/mol. The first kappa shape index (κ1) is 25.0. The molecular weight excluding hydrogens is 494 g/mol. The standard InChI is InChI=1S/C27H30ClN5O4/c1-27(2,3)37-26(35)33-13-10-18(33)15-36-21-14-29-11-8-19(21)23-24(31-17-6-4-16(28)5-7-17)22-20(32-23)9-12-30-25(22)34/h4-8,11,14,18,31-32H,9-10,12-13,15H2,1-3H3,(H,30,34)/t18-/m1/s1. The van der Waals surface area contributed by atoms with Gasteiger partial charge in [-0.05, 0) is 57.5 Å². The number of hydrogen-bond donors (Lipinski definition) is 3. The maximum absolute atomic E-state index is 12.9. The molecule has 2 amide bonds. The minimum atomic E-state index is -0.554. The number of likely N-dealkylation sites (tertiary alicyclic amines) is 1. The number of nitrogens with one attached hydrogen (secondary N) is 3. The van der Waals surface area contributed by atoms with Crippen LogP contribution in [0.4, 0.5) is 16.2 Å². The molecule has 10 heteroatoms. The SMILES string of the molecule is CC(C)(C)OC(=O)N1CC[C@@H]1COc1cnccc1-c1[nH]c2c(c1Nc1ccc(Cl)cc1)C(=O)NCC2. The van der Waals surface area contributed by atoms with Crippen LogP contribution < -0.4 is 15.4 Å². The Hall–Kier alpha value is -3.72. The summed E-state index contributed by atoms with van der Waals surface area (Å²) in [6.07, 6.45) is 4.51. The molecule has 0 bridgehead atoms. The van der Waals surface area contributed by atoms with E-state index in [2.05, 4.69) is 20.6 Å². The van der Waals surface area contributed by atoms with Gasteiger partial charge in [0.2, 0.25) is 0 Å². The predicted molar refractivity (Wildman–Crippen MR) is 142 cm³/mol. The molecule has 2 aromatic heterocycles. The van der Waals surface area contributed by atoms with Gasteiger partial charge in [-0.25, -0.2) is 4.79 Å². The van der Waals surface area contributed by atoms with Crippen molar-refractivity contribution in [1.82, 2.24) is 20.2 Å². The van der Waals surface area contributed by atoms with Crippen molar-refractivity contribution in [3.8, 4) is 17.0 Å². The van der Waals surface area contributed by atoms with Crippen molar-refractivity contribution in [2.45, 2.75) is 45.3 Å². The summed E-state index contributed by atoms with van der Waals surface area (Å²) in [5.74, 6) is 0.413. The molecule has 0 saturated carbocycles. The maximum atomic E-state index is 12.9.